The normalized spacial score (nSPS) is 15.7. The molecule has 122 valence electrons. The predicted molar refractivity (Wildman–Crippen MR) is 91.7 cm³/mol. The summed E-state index contributed by atoms with van der Waals surface area (Å²) in [5.41, 5.74) is 0.456. The Labute approximate surface area is 143 Å². The van der Waals surface area contributed by atoms with Gasteiger partial charge in [-0.1, -0.05) is 23.7 Å². The Morgan fingerprint density at radius 1 is 1.17 bits per heavy atom. The number of rotatable bonds is 4. The van der Waals surface area contributed by atoms with E-state index in [0.29, 0.717) is 23.8 Å². The van der Waals surface area contributed by atoms with Crippen LogP contribution in [0, 0.1) is 0 Å². The second-order valence-corrected chi connectivity index (χ2v) is 8.39. The van der Waals surface area contributed by atoms with Crippen LogP contribution in [0.1, 0.15) is 22.5 Å². The van der Waals surface area contributed by atoms with Crippen molar-refractivity contribution < 1.29 is 13.2 Å². The number of sulfonamides is 1. The summed E-state index contributed by atoms with van der Waals surface area (Å²) < 4.78 is 26.8. The molecule has 1 N–H and O–H groups in total. The van der Waals surface area contributed by atoms with Crippen molar-refractivity contribution in [1.29, 1.82) is 0 Å². The number of hydrogen-bond donors (Lipinski definition) is 1. The summed E-state index contributed by atoms with van der Waals surface area (Å²) in [6.45, 7) is 1.01. The van der Waals surface area contributed by atoms with Crippen molar-refractivity contribution in [1.82, 2.24) is 4.31 Å². The fourth-order valence-electron chi connectivity index (χ4n) is 2.48. The number of nitrogens with one attached hydrogen (secondary N) is 1. The lowest BCUT2D eigenvalue weighted by atomic mass is 10.3. The number of benzene rings is 1. The first-order valence-corrected chi connectivity index (χ1v) is 9.83. The molecule has 1 saturated heterocycles. The SMILES string of the molecule is O=C(Nc1ccccc1Cl)c1sccc1S(=O)(=O)N1CCCC1. The van der Waals surface area contributed by atoms with Gasteiger partial charge in [-0.15, -0.1) is 11.3 Å². The van der Waals surface area contributed by atoms with Gasteiger partial charge in [-0.05, 0) is 36.4 Å². The number of anilines is 1. The van der Waals surface area contributed by atoms with E-state index in [1.54, 1.807) is 29.6 Å². The lowest BCUT2D eigenvalue weighted by Crippen LogP contribution is -2.29. The summed E-state index contributed by atoms with van der Waals surface area (Å²) in [4.78, 5) is 12.7. The molecule has 0 aliphatic carbocycles. The number of thiophene rings is 1. The van der Waals surface area contributed by atoms with Crippen LogP contribution < -0.4 is 5.32 Å². The Morgan fingerprint density at radius 3 is 2.57 bits per heavy atom. The third-order valence-corrected chi connectivity index (χ3v) is 6.95. The zero-order valence-electron chi connectivity index (χ0n) is 12.2. The first-order valence-electron chi connectivity index (χ1n) is 7.13. The molecule has 1 amide bonds. The van der Waals surface area contributed by atoms with Gasteiger partial charge in [0.2, 0.25) is 10.0 Å². The first kappa shape index (κ1) is 16.4. The van der Waals surface area contributed by atoms with Gasteiger partial charge in [0, 0.05) is 13.1 Å². The molecule has 0 bridgehead atoms. The quantitative estimate of drug-likeness (QED) is 0.896. The number of para-hydroxylation sites is 1. The molecule has 3 rings (SSSR count). The van der Waals surface area contributed by atoms with E-state index in [2.05, 4.69) is 5.32 Å². The summed E-state index contributed by atoms with van der Waals surface area (Å²) in [5.74, 6) is -0.467. The lowest BCUT2D eigenvalue weighted by Gasteiger charge is -2.15. The van der Waals surface area contributed by atoms with E-state index in [9.17, 15) is 13.2 Å². The maximum absolute atomic E-state index is 12.7. The minimum absolute atomic E-state index is 0.0638. The van der Waals surface area contributed by atoms with Crippen LogP contribution >= 0.6 is 22.9 Å². The summed E-state index contributed by atoms with van der Waals surface area (Å²) in [7, 11) is -3.62. The van der Waals surface area contributed by atoms with Crippen LogP contribution in [0.2, 0.25) is 5.02 Å². The Hall–Kier alpha value is -1.41. The van der Waals surface area contributed by atoms with Crippen molar-refractivity contribution in [2.75, 3.05) is 18.4 Å². The Kier molecular flexibility index (Phi) is 4.72. The van der Waals surface area contributed by atoms with Crippen LogP contribution in [-0.4, -0.2) is 31.7 Å². The maximum atomic E-state index is 12.7. The highest BCUT2D eigenvalue weighted by atomic mass is 35.5. The van der Waals surface area contributed by atoms with Crippen molar-refractivity contribution >= 4 is 44.6 Å². The van der Waals surface area contributed by atoms with Gasteiger partial charge in [-0.2, -0.15) is 4.31 Å². The third kappa shape index (κ3) is 3.28. The molecule has 1 aliphatic heterocycles. The molecular formula is C15H15ClN2O3S2. The Balaban J connectivity index is 1.89. The zero-order valence-corrected chi connectivity index (χ0v) is 14.5. The smallest absolute Gasteiger partial charge is 0.267 e. The highest BCUT2D eigenvalue weighted by molar-refractivity contribution is 7.89. The monoisotopic (exact) mass is 370 g/mol. The van der Waals surface area contributed by atoms with E-state index < -0.39 is 15.9 Å². The minimum Gasteiger partial charge on any atom is -0.320 e. The van der Waals surface area contributed by atoms with Crippen molar-refractivity contribution in [3.05, 3.63) is 45.6 Å². The van der Waals surface area contributed by atoms with Gasteiger partial charge in [-0.25, -0.2) is 8.42 Å². The van der Waals surface area contributed by atoms with E-state index in [0.717, 1.165) is 24.2 Å². The number of carbonyl (C=O) groups is 1. The summed E-state index contributed by atoms with van der Waals surface area (Å²) >= 11 is 7.13. The standard InChI is InChI=1S/C15H15ClN2O3S2/c16-11-5-1-2-6-12(11)17-15(19)14-13(7-10-22-14)23(20,21)18-8-3-4-9-18/h1-2,5-7,10H,3-4,8-9H2,(H,17,19). The van der Waals surface area contributed by atoms with Gasteiger partial charge >= 0.3 is 0 Å². The molecule has 0 saturated carbocycles. The average Bonchev–Trinajstić information content (AvgIpc) is 3.21. The van der Waals surface area contributed by atoms with E-state index in [4.69, 9.17) is 11.6 Å². The molecular weight excluding hydrogens is 356 g/mol. The molecule has 8 heteroatoms. The van der Waals surface area contributed by atoms with E-state index >= 15 is 0 Å². The molecule has 1 aromatic carbocycles. The molecule has 1 aliphatic rings. The molecule has 23 heavy (non-hydrogen) atoms. The van der Waals surface area contributed by atoms with Crippen LogP contribution in [0.3, 0.4) is 0 Å². The maximum Gasteiger partial charge on any atom is 0.267 e. The van der Waals surface area contributed by atoms with E-state index in [-0.39, 0.29) is 9.77 Å². The van der Waals surface area contributed by atoms with E-state index in [1.165, 1.54) is 10.4 Å². The predicted octanol–water partition coefficient (Wildman–Crippen LogP) is 3.44. The molecule has 0 spiro atoms. The van der Waals surface area contributed by atoms with Gasteiger partial charge in [0.25, 0.3) is 5.91 Å². The van der Waals surface area contributed by atoms with Crippen LogP contribution in [0.25, 0.3) is 0 Å². The number of halogens is 1. The molecule has 0 radical (unpaired) electrons. The second kappa shape index (κ2) is 6.60. The van der Waals surface area contributed by atoms with Crippen LogP contribution in [0.5, 0.6) is 0 Å². The average molecular weight is 371 g/mol. The van der Waals surface area contributed by atoms with Crippen LogP contribution in [0.15, 0.2) is 40.6 Å². The van der Waals surface area contributed by atoms with Crippen molar-refractivity contribution in [3.63, 3.8) is 0 Å². The first-order chi connectivity index (χ1) is 11.0. The molecule has 0 unspecified atom stereocenters. The summed E-state index contributed by atoms with van der Waals surface area (Å²) in [6.07, 6.45) is 1.70. The van der Waals surface area contributed by atoms with Crippen LogP contribution in [0.4, 0.5) is 5.69 Å². The minimum atomic E-state index is -3.62. The lowest BCUT2D eigenvalue weighted by molar-refractivity contribution is 0.102. The van der Waals surface area contributed by atoms with Gasteiger partial charge in [0.05, 0.1) is 10.7 Å². The highest BCUT2D eigenvalue weighted by Crippen LogP contribution is 2.29. The fourth-order valence-corrected chi connectivity index (χ4v) is 5.47. The van der Waals surface area contributed by atoms with Crippen LogP contribution in [-0.2, 0) is 10.0 Å². The second-order valence-electron chi connectivity index (χ2n) is 5.16. The van der Waals surface area contributed by atoms with E-state index in [1.807, 2.05) is 0 Å². The van der Waals surface area contributed by atoms with Gasteiger partial charge in [0.15, 0.2) is 0 Å². The van der Waals surface area contributed by atoms with Gasteiger partial charge in [-0.3, -0.25) is 4.79 Å². The van der Waals surface area contributed by atoms with Crippen molar-refractivity contribution in [2.45, 2.75) is 17.7 Å². The number of hydrogen-bond acceptors (Lipinski definition) is 4. The van der Waals surface area contributed by atoms with Crippen molar-refractivity contribution in [3.8, 4) is 0 Å². The molecule has 2 heterocycles. The van der Waals surface area contributed by atoms with Gasteiger partial charge in [0.1, 0.15) is 9.77 Å². The Morgan fingerprint density at radius 2 is 1.87 bits per heavy atom. The summed E-state index contributed by atoms with van der Waals surface area (Å²) in [6, 6.07) is 8.32. The molecule has 1 aromatic heterocycles. The largest absolute Gasteiger partial charge is 0.320 e. The van der Waals surface area contributed by atoms with Crippen molar-refractivity contribution in [2.24, 2.45) is 0 Å². The molecule has 5 nitrogen and oxygen atoms in total. The highest BCUT2D eigenvalue weighted by Gasteiger charge is 2.31. The topological polar surface area (TPSA) is 66.5 Å². The zero-order chi connectivity index (χ0) is 16.4. The number of carbonyl (C=O) groups excluding carboxylic acids is 1. The fraction of sp³-hybridized carbons (Fsp3) is 0.267. The third-order valence-electron chi connectivity index (χ3n) is 3.64. The molecule has 2 aromatic rings. The molecule has 1 fully saturated rings. The Bertz CT molecular complexity index is 827. The molecule has 0 atom stereocenters. The number of nitrogens with zero attached hydrogens (tertiary/aromatic N) is 1. The van der Waals surface area contributed by atoms with Gasteiger partial charge < -0.3 is 5.32 Å². The number of amides is 1. The summed E-state index contributed by atoms with van der Waals surface area (Å²) in [5, 5.41) is 4.69.